The summed E-state index contributed by atoms with van der Waals surface area (Å²) in [6, 6.07) is 6.53. The SMILES string of the molecule is CC(C)N1CC(C)(C)Nc2ccc(Cl)cc21. The summed E-state index contributed by atoms with van der Waals surface area (Å²) in [6.45, 7) is 9.87. The van der Waals surface area contributed by atoms with Gasteiger partial charge in [-0.15, -0.1) is 0 Å². The molecule has 0 saturated heterocycles. The Labute approximate surface area is 103 Å². The molecular formula is C13H19ClN2. The molecule has 16 heavy (non-hydrogen) atoms. The Balaban J connectivity index is 2.47. The number of fused-ring (bicyclic) bond motifs is 1. The van der Waals surface area contributed by atoms with E-state index >= 15 is 0 Å². The van der Waals surface area contributed by atoms with Gasteiger partial charge in [-0.3, -0.25) is 0 Å². The second kappa shape index (κ2) is 3.85. The van der Waals surface area contributed by atoms with Crippen molar-refractivity contribution in [1.82, 2.24) is 0 Å². The highest BCUT2D eigenvalue weighted by Crippen LogP contribution is 2.37. The summed E-state index contributed by atoms with van der Waals surface area (Å²) in [5, 5.41) is 4.35. The first-order valence-electron chi connectivity index (χ1n) is 5.73. The lowest BCUT2D eigenvalue weighted by molar-refractivity contribution is 0.507. The van der Waals surface area contributed by atoms with Gasteiger partial charge in [-0.2, -0.15) is 0 Å². The van der Waals surface area contributed by atoms with Gasteiger partial charge in [0.2, 0.25) is 0 Å². The first kappa shape index (κ1) is 11.6. The van der Waals surface area contributed by atoms with Crippen LogP contribution in [0.5, 0.6) is 0 Å². The van der Waals surface area contributed by atoms with E-state index in [9.17, 15) is 0 Å². The second-order valence-corrected chi connectivity index (χ2v) is 5.83. The van der Waals surface area contributed by atoms with E-state index in [0.29, 0.717) is 6.04 Å². The molecule has 0 spiro atoms. The Morgan fingerprint density at radius 1 is 1.38 bits per heavy atom. The summed E-state index contributed by atoms with van der Waals surface area (Å²) in [5.41, 5.74) is 2.49. The van der Waals surface area contributed by atoms with Crippen molar-refractivity contribution in [2.75, 3.05) is 16.8 Å². The van der Waals surface area contributed by atoms with Crippen molar-refractivity contribution in [3.63, 3.8) is 0 Å². The van der Waals surface area contributed by atoms with Crippen LogP contribution in [-0.4, -0.2) is 18.1 Å². The fourth-order valence-corrected chi connectivity index (χ4v) is 2.39. The number of hydrogen-bond acceptors (Lipinski definition) is 2. The van der Waals surface area contributed by atoms with E-state index < -0.39 is 0 Å². The van der Waals surface area contributed by atoms with Crippen LogP contribution in [0.3, 0.4) is 0 Å². The molecule has 1 N–H and O–H groups in total. The molecule has 1 aromatic carbocycles. The van der Waals surface area contributed by atoms with Gasteiger partial charge in [0.25, 0.3) is 0 Å². The maximum absolute atomic E-state index is 6.06. The van der Waals surface area contributed by atoms with Gasteiger partial charge in [0.05, 0.1) is 11.4 Å². The summed E-state index contributed by atoms with van der Waals surface area (Å²) in [4.78, 5) is 2.40. The maximum Gasteiger partial charge on any atom is 0.0620 e. The van der Waals surface area contributed by atoms with Gasteiger partial charge in [-0.05, 0) is 45.9 Å². The Hall–Kier alpha value is -0.890. The van der Waals surface area contributed by atoms with Gasteiger partial charge in [0.15, 0.2) is 0 Å². The first-order valence-corrected chi connectivity index (χ1v) is 6.11. The van der Waals surface area contributed by atoms with E-state index in [1.165, 1.54) is 11.4 Å². The van der Waals surface area contributed by atoms with E-state index in [0.717, 1.165) is 11.6 Å². The number of hydrogen-bond donors (Lipinski definition) is 1. The van der Waals surface area contributed by atoms with E-state index in [2.05, 4.69) is 44.0 Å². The van der Waals surface area contributed by atoms with Gasteiger partial charge in [0, 0.05) is 23.1 Å². The molecule has 0 aromatic heterocycles. The minimum absolute atomic E-state index is 0.102. The summed E-state index contributed by atoms with van der Waals surface area (Å²) >= 11 is 6.06. The van der Waals surface area contributed by atoms with Crippen molar-refractivity contribution in [3.05, 3.63) is 23.2 Å². The lowest BCUT2D eigenvalue weighted by Gasteiger charge is -2.44. The molecule has 88 valence electrons. The van der Waals surface area contributed by atoms with E-state index in [1.807, 2.05) is 12.1 Å². The third-order valence-corrected chi connectivity index (χ3v) is 3.17. The topological polar surface area (TPSA) is 15.3 Å². The molecule has 1 aliphatic rings. The number of nitrogens with one attached hydrogen (secondary N) is 1. The average molecular weight is 239 g/mol. The van der Waals surface area contributed by atoms with E-state index in [-0.39, 0.29) is 5.54 Å². The molecule has 0 amide bonds. The molecule has 0 bridgehead atoms. The van der Waals surface area contributed by atoms with Crippen LogP contribution in [0, 0.1) is 0 Å². The second-order valence-electron chi connectivity index (χ2n) is 5.39. The summed E-state index contributed by atoms with van der Waals surface area (Å²) in [7, 11) is 0. The van der Waals surface area contributed by atoms with Crippen LogP contribution in [0.25, 0.3) is 0 Å². The van der Waals surface area contributed by atoms with Crippen molar-refractivity contribution in [3.8, 4) is 0 Å². The summed E-state index contributed by atoms with van der Waals surface area (Å²) < 4.78 is 0. The van der Waals surface area contributed by atoms with Gasteiger partial charge >= 0.3 is 0 Å². The predicted molar refractivity (Wildman–Crippen MR) is 71.6 cm³/mol. The zero-order valence-corrected chi connectivity index (χ0v) is 11.1. The molecule has 1 heterocycles. The van der Waals surface area contributed by atoms with Crippen LogP contribution in [0.15, 0.2) is 18.2 Å². The third-order valence-electron chi connectivity index (χ3n) is 2.93. The van der Waals surface area contributed by atoms with Crippen molar-refractivity contribution < 1.29 is 0 Å². The number of nitrogens with zero attached hydrogens (tertiary/aromatic N) is 1. The number of anilines is 2. The van der Waals surface area contributed by atoms with Gasteiger partial charge in [0.1, 0.15) is 0 Å². The molecule has 0 fully saturated rings. The van der Waals surface area contributed by atoms with Gasteiger partial charge in [-0.1, -0.05) is 11.6 Å². The molecule has 0 saturated carbocycles. The molecule has 0 atom stereocenters. The van der Waals surface area contributed by atoms with Crippen molar-refractivity contribution >= 4 is 23.0 Å². The maximum atomic E-state index is 6.06. The van der Waals surface area contributed by atoms with E-state index in [1.54, 1.807) is 0 Å². The molecule has 1 aromatic rings. The summed E-state index contributed by atoms with van der Waals surface area (Å²) in [6.07, 6.45) is 0. The minimum atomic E-state index is 0.102. The standard InChI is InChI=1S/C13H19ClN2/c1-9(2)16-8-13(3,4)15-11-6-5-10(14)7-12(11)16/h5-7,9,15H,8H2,1-4H3. The lowest BCUT2D eigenvalue weighted by Crippen LogP contribution is -2.50. The minimum Gasteiger partial charge on any atom is -0.377 e. The molecule has 1 aliphatic heterocycles. The Kier molecular flexibility index (Phi) is 2.79. The molecule has 0 aliphatic carbocycles. The fraction of sp³-hybridized carbons (Fsp3) is 0.538. The highest BCUT2D eigenvalue weighted by atomic mass is 35.5. The molecule has 3 heteroatoms. The quantitative estimate of drug-likeness (QED) is 0.802. The molecule has 0 unspecified atom stereocenters. The Morgan fingerprint density at radius 3 is 2.69 bits per heavy atom. The Bertz CT molecular complexity index is 399. The van der Waals surface area contributed by atoms with Crippen molar-refractivity contribution in [1.29, 1.82) is 0 Å². The highest BCUT2D eigenvalue weighted by molar-refractivity contribution is 6.31. The molecule has 2 nitrogen and oxygen atoms in total. The van der Waals surface area contributed by atoms with Crippen LogP contribution in [0.2, 0.25) is 5.02 Å². The monoisotopic (exact) mass is 238 g/mol. The van der Waals surface area contributed by atoms with Crippen LogP contribution in [0.1, 0.15) is 27.7 Å². The van der Waals surface area contributed by atoms with Crippen LogP contribution >= 0.6 is 11.6 Å². The first-order chi connectivity index (χ1) is 7.39. The van der Waals surface area contributed by atoms with E-state index in [4.69, 9.17) is 11.6 Å². The molecule has 2 rings (SSSR count). The lowest BCUT2D eigenvalue weighted by atomic mass is 9.98. The van der Waals surface area contributed by atoms with Gasteiger partial charge < -0.3 is 10.2 Å². The highest BCUT2D eigenvalue weighted by Gasteiger charge is 2.30. The van der Waals surface area contributed by atoms with Crippen LogP contribution in [-0.2, 0) is 0 Å². The zero-order valence-electron chi connectivity index (χ0n) is 10.3. The van der Waals surface area contributed by atoms with Gasteiger partial charge in [-0.25, -0.2) is 0 Å². The number of benzene rings is 1. The fourth-order valence-electron chi connectivity index (χ4n) is 2.22. The average Bonchev–Trinajstić information content (AvgIpc) is 2.16. The van der Waals surface area contributed by atoms with Crippen LogP contribution in [0.4, 0.5) is 11.4 Å². The number of rotatable bonds is 1. The smallest absolute Gasteiger partial charge is 0.0620 e. The summed E-state index contributed by atoms with van der Waals surface area (Å²) in [5.74, 6) is 0. The molecule has 0 radical (unpaired) electrons. The largest absolute Gasteiger partial charge is 0.377 e. The third kappa shape index (κ3) is 2.12. The van der Waals surface area contributed by atoms with Crippen molar-refractivity contribution in [2.45, 2.75) is 39.3 Å². The predicted octanol–water partition coefficient (Wildman–Crippen LogP) is 3.76. The normalized spacial score (nSPS) is 18.2. The number of halogens is 1. The molecular weight excluding hydrogens is 220 g/mol. The Morgan fingerprint density at radius 2 is 2.06 bits per heavy atom. The zero-order chi connectivity index (χ0) is 11.9. The van der Waals surface area contributed by atoms with Crippen molar-refractivity contribution in [2.24, 2.45) is 0 Å². The van der Waals surface area contributed by atoms with Crippen LogP contribution < -0.4 is 10.2 Å².